The summed E-state index contributed by atoms with van der Waals surface area (Å²) in [7, 11) is 0. The quantitative estimate of drug-likeness (QED) is 0.897. The van der Waals surface area contributed by atoms with Gasteiger partial charge in [0.25, 0.3) is 5.91 Å². The third-order valence-corrected chi connectivity index (χ3v) is 4.04. The van der Waals surface area contributed by atoms with E-state index in [1.807, 2.05) is 39.8 Å². The summed E-state index contributed by atoms with van der Waals surface area (Å²) in [5, 5.41) is 3.48. The summed E-state index contributed by atoms with van der Waals surface area (Å²) in [6, 6.07) is 5.43. The summed E-state index contributed by atoms with van der Waals surface area (Å²) in [6.45, 7) is 8.28. The molecule has 1 aromatic carbocycles. The lowest BCUT2D eigenvalue weighted by Crippen LogP contribution is -2.55. The van der Waals surface area contributed by atoms with Crippen LogP contribution in [0, 0.1) is 12.8 Å². The van der Waals surface area contributed by atoms with Crippen LogP contribution in [0.2, 0.25) is 5.02 Å². The molecule has 0 bridgehead atoms. The second kappa shape index (κ2) is 7.13. The van der Waals surface area contributed by atoms with Crippen molar-refractivity contribution in [2.75, 3.05) is 6.54 Å². The monoisotopic (exact) mass is 304 g/mol. The minimum atomic E-state index is -0.426. The average molecular weight is 305 g/mol. The molecule has 0 radical (unpaired) electrons. The van der Waals surface area contributed by atoms with Crippen molar-refractivity contribution in [3.63, 3.8) is 0 Å². The van der Waals surface area contributed by atoms with Gasteiger partial charge in [0.05, 0.1) is 16.1 Å². The Labute approximate surface area is 126 Å². The minimum Gasteiger partial charge on any atom is -0.345 e. The molecule has 0 spiro atoms. The van der Waals surface area contributed by atoms with Gasteiger partial charge in [0.2, 0.25) is 0 Å². The van der Waals surface area contributed by atoms with Crippen LogP contribution in [0.15, 0.2) is 18.2 Å². The van der Waals surface area contributed by atoms with Gasteiger partial charge in [-0.2, -0.15) is 0 Å². The zero-order chi connectivity index (χ0) is 13.9. The van der Waals surface area contributed by atoms with E-state index in [0.29, 0.717) is 17.1 Å². The third-order valence-electron chi connectivity index (χ3n) is 3.53. The lowest BCUT2D eigenvalue weighted by Gasteiger charge is -2.33. The van der Waals surface area contributed by atoms with Crippen LogP contribution < -0.4 is 11.1 Å². The van der Waals surface area contributed by atoms with E-state index >= 15 is 0 Å². The Morgan fingerprint density at radius 1 is 1.47 bits per heavy atom. The SMILES string of the molecule is Cc1cccc(C(=O)NC(C)(CN)C(C)C)c1Cl.Cl. The maximum atomic E-state index is 12.2. The van der Waals surface area contributed by atoms with E-state index in [0.717, 1.165) is 5.56 Å². The highest BCUT2D eigenvalue weighted by Gasteiger charge is 2.29. The van der Waals surface area contributed by atoms with Gasteiger partial charge >= 0.3 is 0 Å². The summed E-state index contributed by atoms with van der Waals surface area (Å²) in [6.07, 6.45) is 0. The van der Waals surface area contributed by atoms with Crippen LogP contribution in [0.4, 0.5) is 0 Å². The van der Waals surface area contributed by atoms with E-state index in [4.69, 9.17) is 17.3 Å². The standard InChI is InChI=1S/C14H21ClN2O.ClH/c1-9(2)14(4,8-16)17-13(18)11-7-5-6-10(3)12(11)15;/h5-7,9H,8,16H2,1-4H3,(H,17,18);1H. The molecular formula is C14H22Cl2N2O. The van der Waals surface area contributed by atoms with Crippen molar-refractivity contribution < 1.29 is 4.79 Å². The minimum absolute atomic E-state index is 0. The Balaban J connectivity index is 0.00000324. The van der Waals surface area contributed by atoms with Crippen molar-refractivity contribution in [1.82, 2.24) is 5.32 Å². The molecule has 0 saturated heterocycles. The topological polar surface area (TPSA) is 55.1 Å². The normalized spacial score (nSPS) is 13.6. The fourth-order valence-electron chi connectivity index (χ4n) is 1.58. The Kier molecular flexibility index (Phi) is 6.84. The molecule has 0 heterocycles. The largest absolute Gasteiger partial charge is 0.345 e. The van der Waals surface area contributed by atoms with Crippen LogP contribution in [0.3, 0.4) is 0 Å². The summed E-state index contributed by atoms with van der Waals surface area (Å²) in [5.41, 5.74) is 6.72. The van der Waals surface area contributed by atoms with Crippen molar-refractivity contribution >= 4 is 29.9 Å². The highest BCUT2D eigenvalue weighted by Crippen LogP contribution is 2.22. The Bertz CT molecular complexity index is 449. The molecule has 0 saturated carbocycles. The number of rotatable bonds is 4. The van der Waals surface area contributed by atoms with Crippen LogP contribution in [-0.4, -0.2) is 18.0 Å². The van der Waals surface area contributed by atoms with Crippen molar-refractivity contribution in [2.45, 2.75) is 33.2 Å². The van der Waals surface area contributed by atoms with Crippen LogP contribution in [0.1, 0.15) is 36.7 Å². The summed E-state index contributed by atoms with van der Waals surface area (Å²) in [4.78, 5) is 12.2. The van der Waals surface area contributed by atoms with Gasteiger partial charge in [-0.3, -0.25) is 4.79 Å². The molecule has 1 aromatic rings. The number of hydrogen-bond donors (Lipinski definition) is 2. The van der Waals surface area contributed by atoms with E-state index in [1.54, 1.807) is 6.07 Å². The molecule has 0 aliphatic carbocycles. The first-order chi connectivity index (χ1) is 8.31. The summed E-state index contributed by atoms with van der Waals surface area (Å²) in [5.74, 6) is 0.0698. The van der Waals surface area contributed by atoms with E-state index in [9.17, 15) is 4.79 Å². The van der Waals surface area contributed by atoms with Gasteiger partial charge in [-0.15, -0.1) is 12.4 Å². The van der Waals surface area contributed by atoms with Crippen LogP contribution in [-0.2, 0) is 0 Å². The Morgan fingerprint density at radius 2 is 2.05 bits per heavy atom. The predicted octanol–water partition coefficient (Wildman–Crippen LogP) is 3.17. The van der Waals surface area contributed by atoms with Gasteiger partial charge in [-0.05, 0) is 31.4 Å². The highest BCUT2D eigenvalue weighted by molar-refractivity contribution is 6.34. The number of nitrogens with two attached hydrogens (primary N) is 1. The van der Waals surface area contributed by atoms with Crippen molar-refractivity contribution in [3.8, 4) is 0 Å². The molecule has 19 heavy (non-hydrogen) atoms. The number of amides is 1. The van der Waals surface area contributed by atoms with Crippen molar-refractivity contribution in [3.05, 3.63) is 34.3 Å². The average Bonchev–Trinajstić information content (AvgIpc) is 2.32. The lowest BCUT2D eigenvalue weighted by molar-refractivity contribution is 0.0883. The Hall–Kier alpha value is -0.770. The fraction of sp³-hybridized carbons (Fsp3) is 0.500. The molecule has 0 aromatic heterocycles. The molecule has 5 heteroatoms. The van der Waals surface area contributed by atoms with Gasteiger partial charge in [-0.25, -0.2) is 0 Å². The third kappa shape index (κ3) is 4.10. The molecular weight excluding hydrogens is 283 g/mol. The lowest BCUT2D eigenvalue weighted by atomic mass is 9.88. The van der Waals surface area contributed by atoms with E-state index < -0.39 is 5.54 Å². The molecule has 1 unspecified atom stereocenters. The van der Waals surface area contributed by atoms with Crippen LogP contribution in [0.5, 0.6) is 0 Å². The van der Waals surface area contributed by atoms with E-state index in [-0.39, 0.29) is 24.2 Å². The molecule has 1 atom stereocenters. The fourth-order valence-corrected chi connectivity index (χ4v) is 1.79. The number of nitrogens with one attached hydrogen (secondary N) is 1. The summed E-state index contributed by atoms with van der Waals surface area (Å²) >= 11 is 6.15. The second-order valence-electron chi connectivity index (χ2n) is 5.17. The summed E-state index contributed by atoms with van der Waals surface area (Å²) < 4.78 is 0. The number of hydrogen-bond acceptors (Lipinski definition) is 2. The van der Waals surface area contributed by atoms with Gasteiger partial charge in [0.15, 0.2) is 0 Å². The van der Waals surface area contributed by atoms with Crippen molar-refractivity contribution in [2.24, 2.45) is 11.7 Å². The number of aryl methyl sites for hydroxylation is 1. The number of halogens is 2. The molecule has 1 amide bonds. The number of carbonyl (C=O) groups excluding carboxylic acids is 1. The van der Waals surface area contributed by atoms with Crippen molar-refractivity contribution in [1.29, 1.82) is 0 Å². The zero-order valence-electron chi connectivity index (χ0n) is 11.8. The molecule has 108 valence electrons. The van der Waals surface area contributed by atoms with E-state index in [2.05, 4.69) is 5.32 Å². The molecule has 0 aliphatic heterocycles. The predicted molar refractivity (Wildman–Crippen MR) is 83.2 cm³/mol. The smallest absolute Gasteiger partial charge is 0.253 e. The Morgan fingerprint density at radius 3 is 2.53 bits per heavy atom. The van der Waals surface area contributed by atoms with E-state index in [1.165, 1.54) is 0 Å². The van der Waals surface area contributed by atoms with Gasteiger partial charge < -0.3 is 11.1 Å². The van der Waals surface area contributed by atoms with Gasteiger partial charge in [-0.1, -0.05) is 37.6 Å². The zero-order valence-corrected chi connectivity index (χ0v) is 13.4. The molecule has 3 N–H and O–H groups in total. The highest BCUT2D eigenvalue weighted by atomic mass is 35.5. The number of benzene rings is 1. The van der Waals surface area contributed by atoms with Crippen LogP contribution in [0.25, 0.3) is 0 Å². The molecule has 0 fully saturated rings. The maximum absolute atomic E-state index is 12.2. The molecule has 0 aliphatic rings. The first-order valence-corrected chi connectivity index (χ1v) is 6.47. The second-order valence-corrected chi connectivity index (χ2v) is 5.54. The number of carbonyl (C=O) groups is 1. The van der Waals surface area contributed by atoms with Gasteiger partial charge in [0, 0.05) is 6.54 Å². The molecule has 3 nitrogen and oxygen atoms in total. The maximum Gasteiger partial charge on any atom is 0.253 e. The van der Waals surface area contributed by atoms with Crippen LogP contribution >= 0.6 is 24.0 Å². The first kappa shape index (κ1) is 18.2. The molecule has 1 rings (SSSR count). The van der Waals surface area contributed by atoms with Gasteiger partial charge in [0.1, 0.15) is 0 Å². The first-order valence-electron chi connectivity index (χ1n) is 6.09.